The average molecular weight is 363 g/mol. The highest BCUT2D eigenvalue weighted by molar-refractivity contribution is 7.89. The van der Waals surface area contributed by atoms with Crippen LogP contribution in [0.15, 0.2) is 83.9 Å². The molecule has 0 atom stereocenters. The molecule has 0 N–H and O–H groups in total. The summed E-state index contributed by atoms with van der Waals surface area (Å²) in [6.07, 6.45) is 2.92. The van der Waals surface area contributed by atoms with Gasteiger partial charge in [-0.15, -0.1) is 9.19 Å². The van der Waals surface area contributed by atoms with Crippen LogP contribution < -0.4 is 0 Å². The van der Waals surface area contributed by atoms with Gasteiger partial charge in [-0.1, -0.05) is 65.9 Å². The molecule has 3 aromatic carbocycles. The number of hydrogen-bond donors (Lipinski definition) is 0. The molecule has 0 saturated heterocycles. The topological polar surface area (TPSA) is 64.8 Å². The summed E-state index contributed by atoms with van der Waals surface area (Å²) in [7, 11) is -3.75. The quantitative estimate of drug-likeness (QED) is 0.545. The summed E-state index contributed by atoms with van der Waals surface area (Å²) in [5.74, 6) is 0. The first-order valence-corrected chi connectivity index (χ1v) is 9.76. The van der Waals surface area contributed by atoms with Crippen molar-refractivity contribution in [2.45, 2.75) is 17.7 Å². The molecule has 0 radical (unpaired) electrons. The lowest BCUT2D eigenvalue weighted by molar-refractivity contribution is 0.577. The lowest BCUT2D eigenvalue weighted by atomic mass is 10.1. The molecule has 0 aliphatic carbocycles. The van der Waals surface area contributed by atoms with E-state index in [1.807, 2.05) is 54.6 Å². The summed E-state index contributed by atoms with van der Waals surface area (Å²) < 4.78 is 26.6. The second-order valence-corrected chi connectivity index (χ2v) is 7.88. The molecule has 6 heteroatoms. The summed E-state index contributed by atoms with van der Waals surface area (Å²) in [4.78, 5) is 0.204. The van der Waals surface area contributed by atoms with Crippen LogP contribution in [0.1, 0.15) is 11.3 Å². The van der Waals surface area contributed by atoms with Gasteiger partial charge in [-0.2, -0.15) is 8.42 Å². The van der Waals surface area contributed by atoms with E-state index in [-0.39, 0.29) is 4.90 Å². The average Bonchev–Trinajstić information content (AvgIpc) is 3.17. The van der Waals surface area contributed by atoms with Crippen molar-refractivity contribution in [3.8, 4) is 0 Å². The van der Waals surface area contributed by atoms with Crippen molar-refractivity contribution in [1.29, 1.82) is 0 Å². The number of hydrogen-bond acceptors (Lipinski definition) is 4. The first kappa shape index (κ1) is 16.5. The molecule has 0 bridgehead atoms. The fourth-order valence-electron chi connectivity index (χ4n) is 2.87. The van der Waals surface area contributed by atoms with Crippen LogP contribution in [-0.2, 0) is 22.9 Å². The van der Waals surface area contributed by atoms with Gasteiger partial charge in [0, 0.05) is 0 Å². The molecular weight excluding hydrogens is 346 g/mol. The summed E-state index contributed by atoms with van der Waals surface area (Å²) in [5, 5.41) is 9.72. The molecule has 4 rings (SSSR count). The van der Waals surface area contributed by atoms with Crippen LogP contribution in [0.3, 0.4) is 0 Å². The molecule has 0 aliphatic rings. The van der Waals surface area contributed by atoms with Gasteiger partial charge in [0.1, 0.15) is 0 Å². The predicted octanol–water partition coefficient (Wildman–Crippen LogP) is 3.45. The molecule has 4 aromatic rings. The molecule has 5 nitrogen and oxygen atoms in total. The van der Waals surface area contributed by atoms with E-state index in [1.54, 1.807) is 18.2 Å². The smallest absolute Gasteiger partial charge is 0.199 e. The number of nitrogens with zero attached hydrogens (tertiary/aromatic N) is 3. The number of aromatic nitrogens is 3. The molecular formula is C20H17N3O2S. The zero-order valence-corrected chi connectivity index (χ0v) is 14.8. The Bertz CT molecular complexity index is 1150. The zero-order chi connectivity index (χ0) is 18.0. The Balaban J connectivity index is 1.58. The van der Waals surface area contributed by atoms with E-state index in [0.29, 0.717) is 12.1 Å². The Kier molecular flexibility index (Phi) is 4.26. The van der Waals surface area contributed by atoms with Crippen LogP contribution in [-0.4, -0.2) is 22.8 Å². The molecule has 1 aromatic heterocycles. The molecule has 0 spiro atoms. The van der Waals surface area contributed by atoms with E-state index >= 15 is 0 Å². The van der Waals surface area contributed by atoms with Gasteiger partial charge in [-0.3, -0.25) is 0 Å². The van der Waals surface area contributed by atoms with E-state index in [4.69, 9.17) is 0 Å². The molecule has 1 heterocycles. The van der Waals surface area contributed by atoms with Crippen LogP contribution in [0.25, 0.3) is 10.8 Å². The second-order valence-electron chi connectivity index (χ2n) is 6.08. The Hall–Kier alpha value is -2.99. The predicted molar refractivity (Wildman–Crippen MR) is 100 cm³/mol. The molecule has 0 saturated carbocycles. The van der Waals surface area contributed by atoms with E-state index in [9.17, 15) is 8.42 Å². The minimum Gasteiger partial charge on any atom is -0.199 e. The van der Waals surface area contributed by atoms with Crippen molar-refractivity contribution in [2.75, 3.05) is 0 Å². The van der Waals surface area contributed by atoms with Gasteiger partial charge in [0.2, 0.25) is 0 Å². The number of aryl methyl sites for hydroxylation is 2. The largest absolute Gasteiger partial charge is 0.284 e. The molecule has 0 amide bonds. The Morgan fingerprint density at radius 3 is 2.35 bits per heavy atom. The van der Waals surface area contributed by atoms with Crippen LogP contribution >= 0.6 is 0 Å². The van der Waals surface area contributed by atoms with Gasteiger partial charge in [-0.25, -0.2) is 0 Å². The van der Waals surface area contributed by atoms with Crippen LogP contribution in [0.5, 0.6) is 0 Å². The maximum atomic E-state index is 12.8. The molecule has 0 fully saturated rings. The number of benzene rings is 3. The lowest BCUT2D eigenvalue weighted by Gasteiger charge is -2.05. The highest BCUT2D eigenvalue weighted by Gasteiger charge is 2.19. The standard InChI is InChI=1S/C20H17N3O2S/c24-26(25,20-13-11-17-8-4-5-9-18(17)14-20)23-15-19(21-22-23)12-10-16-6-2-1-3-7-16/h1-9,11,13-15H,10,12H2. The summed E-state index contributed by atoms with van der Waals surface area (Å²) >= 11 is 0. The Morgan fingerprint density at radius 2 is 1.54 bits per heavy atom. The minimum absolute atomic E-state index is 0.204. The van der Waals surface area contributed by atoms with E-state index in [0.717, 1.165) is 21.3 Å². The van der Waals surface area contributed by atoms with Crippen LogP contribution in [0.4, 0.5) is 0 Å². The fourth-order valence-corrected chi connectivity index (χ4v) is 3.99. The van der Waals surface area contributed by atoms with Crippen LogP contribution in [0, 0.1) is 0 Å². The first-order valence-electron chi connectivity index (χ1n) is 8.32. The SMILES string of the molecule is O=S(=O)(c1ccc2ccccc2c1)n1cc(CCc2ccccc2)nn1. The van der Waals surface area contributed by atoms with Crippen molar-refractivity contribution in [2.24, 2.45) is 0 Å². The van der Waals surface area contributed by atoms with E-state index in [2.05, 4.69) is 10.3 Å². The van der Waals surface area contributed by atoms with Crippen molar-refractivity contribution < 1.29 is 8.42 Å². The van der Waals surface area contributed by atoms with E-state index in [1.165, 1.54) is 11.8 Å². The molecule has 26 heavy (non-hydrogen) atoms. The van der Waals surface area contributed by atoms with Gasteiger partial charge in [0.25, 0.3) is 10.0 Å². The monoisotopic (exact) mass is 363 g/mol. The van der Waals surface area contributed by atoms with Crippen molar-refractivity contribution >= 4 is 20.8 Å². The zero-order valence-electron chi connectivity index (χ0n) is 14.0. The van der Waals surface area contributed by atoms with Crippen molar-refractivity contribution in [3.05, 3.63) is 90.3 Å². The lowest BCUT2D eigenvalue weighted by Crippen LogP contribution is -2.13. The third-order valence-corrected chi connectivity index (χ3v) is 5.82. The second kappa shape index (κ2) is 6.72. The Morgan fingerprint density at radius 1 is 0.808 bits per heavy atom. The van der Waals surface area contributed by atoms with E-state index < -0.39 is 10.0 Å². The summed E-state index contributed by atoms with van der Waals surface area (Å²) in [6, 6.07) is 22.7. The van der Waals surface area contributed by atoms with Gasteiger partial charge in [-0.05, 0) is 41.3 Å². The summed E-state index contributed by atoms with van der Waals surface area (Å²) in [6.45, 7) is 0. The molecule has 130 valence electrons. The molecule has 0 unspecified atom stereocenters. The third kappa shape index (κ3) is 3.23. The van der Waals surface area contributed by atoms with Gasteiger partial charge < -0.3 is 0 Å². The van der Waals surface area contributed by atoms with Gasteiger partial charge in [0.15, 0.2) is 0 Å². The fraction of sp³-hybridized carbons (Fsp3) is 0.100. The number of rotatable bonds is 5. The third-order valence-electron chi connectivity index (χ3n) is 4.30. The van der Waals surface area contributed by atoms with Crippen molar-refractivity contribution in [3.63, 3.8) is 0 Å². The van der Waals surface area contributed by atoms with Gasteiger partial charge >= 0.3 is 0 Å². The maximum Gasteiger partial charge on any atom is 0.284 e. The summed E-state index contributed by atoms with van der Waals surface area (Å²) in [5.41, 5.74) is 1.83. The highest BCUT2D eigenvalue weighted by Crippen LogP contribution is 2.20. The minimum atomic E-state index is -3.75. The Labute approximate surface area is 152 Å². The molecule has 0 aliphatic heterocycles. The van der Waals surface area contributed by atoms with Gasteiger partial charge in [0.05, 0.1) is 16.8 Å². The normalized spacial score (nSPS) is 11.7. The highest BCUT2D eigenvalue weighted by atomic mass is 32.2. The maximum absolute atomic E-state index is 12.8. The first-order chi connectivity index (χ1) is 12.6. The van der Waals surface area contributed by atoms with Crippen LogP contribution in [0.2, 0.25) is 0 Å². The number of fused-ring (bicyclic) bond motifs is 1. The van der Waals surface area contributed by atoms with Crippen molar-refractivity contribution in [1.82, 2.24) is 14.4 Å².